The van der Waals surface area contributed by atoms with Gasteiger partial charge in [0, 0.05) is 19.2 Å². The summed E-state index contributed by atoms with van der Waals surface area (Å²) >= 11 is 1.62. The smallest absolute Gasteiger partial charge is 0.170 e. The van der Waals surface area contributed by atoms with Gasteiger partial charge in [0.2, 0.25) is 0 Å². The van der Waals surface area contributed by atoms with Crippen molar-refractivity contribution in [3.8, 4) is 0 Å². The maximum atomic E-state index is 12.1. The van der Waals surface area contributed by atoms with Crippen LogP contribution < -0.4 is 0 Å². The fourth-order valence-electron chi connectivity index (χ4n) is 1.84. The summed E-state index contributed by atoms with van der Waals surface area (Å²) < 4.78 is 1.76. The van der Waals surface area contributed by atoms with E-state index in [1.807, 2.05) is 37.7 Å². The van der Waals surface area contributed by atoms with Crippen molar-refractivity contribution >= 4 is 17.1 Å². The van der Waals surface area contributed by atoms with Gasteiger partial charge in [0.25, 0.3) is 0 Å². The van der Waals surface area contributed by atoms with E-state index in [4.69, 9.17) is 0 Å². The Morgan fingerprint density at radius 1 is 1.50 bits per heavy atom. The summed E-state index contributed by atoms with van der Waals surface area (Å²) in [6, 6.07) is 1.99. The number of aromatic nitrogens is 2. The average molecular weight is 234 g/mol. The van der Waals surface area contributed by atoms with Crippen molar-refractivity contribution in [3.63, 3.8) is 0 Å². The molecule has 84 valence electrons. The molecule has 0 amide bonds. The molecule has 2 heterocycles. The molecule has 0 aliphatic rings. The van der Waals surface area contributed by atoms with Crippen molar-refractivity contribution in [2.75, 3.05) is 0 Å². The lowest BCUT2D eigenvalue weighted by molar-refractivity contribution is 0.0992. The van der Waals surface area contributed by atoms with Crippen molar-refractivity contribution in [1.82, 2.24) is 9.78 Å². The highest BCUT2D eigenvalue weighted by Gasteiger charge is 2.17. The molecule has 0 saturated heterocycles. The Kier molecular flexibility index (Phi) is 2.92. The zero-order chi connectivity index (χ0) is 11.7. The van der Waals surface area contributed by atoms with Crippen LogP contribution in [0.25, 0.3) is 0 Å². The molecule has 0 aliphatic heterocycles. The Labute approximate surface area is 98.7 Å². The summed E-state index contributed by atoms with van der Waals surface area (Å²) in [6.07, 6.45) is 0.469. The third-order valence-electron chi connectivity index (χ3n) is 2.73. The molecule has 0 aromatic carbocycles. The number of hydrogen-bond acceptors (Lipinski definition) is 3. The SMILES string of the molecule is Cc1nn(C)c(C)c1C(=O)Cc1ccsc1. The summed E-state index contributed by atoms with van der Waals surface area (Å²) in [5, 5.41) is 8.26. The van der Waals surface area contributed by atoms with E-state index in [0.717, 1.165) is 22.5 Å². The standard InChI is InChI=1S/C12H14N2OS/c1-8-12(9(2)14(3)13-8)11(15)6-10-4-5-16-7-10/h4-5,7H,6H2,1-3H3. The van der Waals surface area contributed by atoms with Gasteiger partial charge in [-0.05, 0) is 36.2 Å². The van der Waals surface area contributed by atoms with Gasteiger partial charge >= 0.3 is 0 Å². The Balaban J connectivity index is 2.27. The molecule has 2 aromatic rings. The van der Waals surface area contributed by atoms with Gasteiger partial charge in [-0.15, -0.1) is 0 Å². The van der Waals surface area contributed by atoms with Gasteiger partial charge in [0.15, 0.2) is 5.78 Å². The lowest BCUT2D eigenvalue weighted by atomic mass is 10.0. The quantitative estimate of drug-likeness (QED) is 0.765. The molecule has 0 bridgehead atoms. The molecule has 0 aliphatic carbocycles. The Bertz CT molecular complexity index is 511. The number of Topliss-reactive ketones (excluding diaryl/α,β-unsaturated/α-hetero) is 1. The molecule has 0 spiro atoms. The van der Waals surface area contributed by atoms with Crippen LogP contribution in [-0.4, -0.2) is 15.6 Å². The minimum absolute atomic E-state index is 0.154. The highest BCUT2D eigenvalue weighted by Crippen LogP contribution is 2.16. The second-order valence-electron chi connectivity index (χ2n) is 3.90. The van der Waals surface area contributed by atoms with E-state index in [1.54, 1.807) is 16.0 Å². The van der Waals surface area contributed by atoms with Crippen molar-refractivity contribution in [3.05, 3.63) is 39.3 Å². The van der Waals surface area contributed by atoms with Crippen LogP contribution in [-0.2, 0) is 13.5 Å². The van der Waals surface area contributed by atoms with Gasteiger partial charge in [-0.25, -0.2) is 0 Å². The summed E-state index contributed by atoms with van der Waals surface area (Å²) in [6.45, 7) is 3.81. The molecular formula is C12H14N2OS. The van der Waals surface area contributed by atoms with E-state index >= 15 is 0 Å². The molecule has 2 rings (SSSR count). The summed E-state index contributed by atoms with van der Waals surface area (Å²) in [4.78, 5) is 12.1. The van der Waals surface area contributed by atoms with Crippen LogP contribution in [0.1, 0.15) is 27.3 Å². The molecule has 3 nitrogen and oxygen atoms in total. The predicted octanol–water partition coefficient (Wildman–Crippen LogP) is 2.52. The minimum atomic E-state index is 0.154. The Morgan fingerprint density at radius 2 is 2.25 bits per heavy atom. The fourth-order valence-corrected chi connectivity index (χ4v) is 2.51. The lowest BCUT2D eigenvalue weighted by Crippen LogP contribution is -2.06. The summed E-state index contributed by atoms with van der Waals surface area (Å²) in [5.74, 6) is 0.154. The van der Waals surface area contributed by atoms with E-state index in [0.29, 0.717) is 6.42 Å². The van der Waals surface area contributed by atoms with E-state index in [1.165, 1.54) is 0 Å². The molecule has 0 radical (unpaired) electrons. The fraction of sp³-hybridized carbons (Fsp3) is 0.333. The highest BCUT2D eigenvalue weighted by molar-refractivity contribution is 7.08. The Hall–Kier alpha value is -1.42. The van der Waals surface area contributed by atoms with Gasteiger partial charge in [-0.1, -0.05) is 0 Å². The number of aryl methyl sites for hydroxylation is 2. The Morgan fingerprint density at radius 3 is 2.75 bits per heavy atom. The lowest BCUT2D eigenvalue weighted by Gasteiger charge is -2.00. The zero-order valence-corrected chi connectivity index (χ0v) is 10.5. The van der Waals surface area contributed by atoms with Crippen molar-refractivity contribution in [2.45, 2.75) is 20.3 Å². The topological polar surface area (TPSA) is 34.9 Å². The van der Waals surface area contributed by atoms with Crippen LogP contribution in [0.3, 0.4) is 0 Å². The molecule has 0 fully saturated rings. The maximum absolute atomic E-state index is 12.1. The molecule has 2 aromatic heterocycles. The number of nitrogens with zero attached hydrogens (tertiary/aromatic N) is 2. The summed E-state index contributed by atoms with van der Waals surface area (Å²) in [5.41, 5.74) is 3.62. The van der Waals surface area contributed by atoms with Crippen molar-refractivity contribution in [1.29, 1.82) is 0 Å². The molecule has 0 atom stereocenters. The number of carbonyl (C=O) groups is 1. The van der Waals surface area contributed by atoms with Gasteiger partial charge in [-0.3, -0.25) is 9.48 Å². The van der Waals surface area contributed by atoms with Gasteiger partial charge in [0.05, 0.1) is 11.3 Å². The average Bonchev–Trinajstić information content (AvgIpc) is 2.77. The van der Waals surface area contributed by atoms with Crippen molar-refractivity contribution < 1.29 is 4.79 Å². The number of ketones is 1. The predicted molar refractivity (Wildman–Crippen MR) is 65.0 cm³/mol. The van der Waals surface area contributed by atoms with Crippen LogP contribution in [0.15, 0.2) is 16.8 Å². The first-order valence-corrected chi connectivity index (χ1v) is 6.08. The first-order valence-electron chi connectivity index (χ1n) is 5.14. The normalized spacial score (nSPS) is 10.7. The monoisotopic (exact) mass is 234 g/mol. The second kappa shape index (κ2) is 4.22. The number of thiophene rings is 1. The third kappa shape index (κ3) is 1.93. The largest absolute Gasteiger partial charge is 0.294 e. The van der Waals surface area contributed by atoms with E-state index < -0.39 is 0 Å². The van der Waals surface area contributed by atoms with Crippen LogP contribution >= 0.6 is 11.3 Å². The molecular weight excluding hydrogens is 220 g/mol. The van der Waals surface area contributed by atoms with Gasteiger partial charge in [0.1, 0.15) is 0 Å². The second-order valence-corrected chi connectivity index (χ2v) is 4.68. The van der Waals surface area contributed by atoms with E-state index in [-0.39, 0.29) is 5.78 Å². The van der Waals surface area contributed by atoms with Crippen LogP contribution in [0, 0.1) is 13.8 Å². The number of rotatable bonds is 3. The highest BCUT2D eigenvalue weighted by atomic mass is 32.1. The van der Waals surface area contributed by atoms with Gasteiger partial charge < -0.3 is 0 Å². The van der Waals surface area contributed by atoms with Crippen LogP contribution in [0.4, 0.5) is 0 Å². The van der Waals surface area contributed by atoms with Crippen LogP contribution in [0.2, 0.25) is 0 Å². The molecule has 0 saturated carbocycles. The summed E-state index contributed by atoms with van der Waals surface area (Å²) in [7, 11) is 1.86. The minimum Gasteiger partial charge on any atom is -0.294 e. The zero-order valence-electron chi connectivity index (χ0n) is 9.65. The third-order valence-corrected chi connectivity index (χ3v) is 3.46. The van der Waals surface area contributed by atoms with E-state index in [2.05, 4.69) is 5.10 Å². The number of hydrogen-bond donors (Lipinski definition) is 0. The molecule has 16 heavy (non-hydrogen) atoms. The van der Waals surface area contributed by atoms with Crippen LogP contribution in [0.5, 0.6) is 0 Å². The maximum Gasteiger partial charge on any atom is 0.170 e. The first-order chi connectivity index (χ1) is 7.59. The van der Waals surface area contributed by atoms with Crippen molar-refractivity contribution in [2.24, 2.45) is 7.05 Å². The first kappa shape index (κ1) is 11.1. The van der Waals surface area contributed by atoms with Gasteiger partial charge in [-0.2, -0.15) is 16.4 Å². The molecule has 0 unspecified atom stereocenters. The number of carbonyl (C=O) groups excluding carboxylic acids is 1. The molecule has 4 heteroatoms. The molecule has 0 N–H and O–H groups in total. The van der Waals surface area contributed by atoms with E-state index in [9.17, 15) is 4.79 Å².